The molecule has 24 heavy (non-hydrogen) atoms. The van der Waals surface area contributed by atoms with E-state index in [0.29, 0.717) is 25.3 Å². The molecular formula is C18H18N2O4. The lowest BCUT2D eigenvalue weighted by molar-refractivity contribution is -0.383. The Balaban J connectivity index is 1.97. The number of hydrogen-bond acceptors (Lipinski definition) is 4. The number of H-pyrrole nitrogens is 1. The van der Waals surface area contributed by atoms with Crippen LogP contribution in [0.25, 0.3) is 22.2 Å². The smallest absolute Gasteiger partial charge is 0.293 e. The second kappa shape index (κ2) is 7.25. The lowest BCUT2D eigenvalue weighted by atomic mass is 10.1. The Morgan fingerprint density at radius 1 is 1.12 bits per heavy atom. The molecule has 0 aliphatic heterocycles. The Labute approximate surface area is 139 Å². The van der Waals surface area contributed by atoms with Gasteiger partial charge in [0.2, 0.25) is 0 Å². The van der Waals surface area contributed by atoms with Gasteiger partial charge in [-0.05, 0) is 23.3 Å². The predicted octanol–water partition coefficient (Wildman–Crippen LogP) is 3.91. The van der Waals surface area contributed by atoms with Gasteiger partial charge in [0.25, 0.3) is 5.69 Å². The van der Waals surface area contributed by atoms with E-state index in [-0.39, 0.29) is 10.6 Å². The van der Waals surface area contributed by atoms with Gasteiger partial charge >= 0.3 is 0 Å². The van der Waals surface area contributed by atoms with E-state index in [9.17, 15) is 10.1 Å². The highest BCUT2D eigenvalue weighted by Gasteiger charge is 2.17. The van der Waals surface area contributed by atoms with Crippen LogP contribution >= 0.6 is 0 Å². The fourth-order valence-electron chi connectivity index (χ4n) is 2.62. The van der Waals surface area contributed by atoms with Crippen molar-refractivity contribution in [1.29, 1.82) is 0 Å². The minimum atomic E-state index is -0.369. The molecule has 1 N–H and O–H groups in total. The van der Waals surface area contributed by atoms with E-state index in [1.54, 1.807) is 13.2 Å². The van der Waals surface area contributed by atoms with E-state index >= 15 is 0 Å². The van der Waals surface area contributed by atoms with Gasteiger partial charge in [-0.1, -0.05) is 30.3 Å². The third-order valence-corrected chi connectivity index (χ3v) is 3.75. The average molecular weight is 326 g/mol. The molecule has 0 fully saturated rings. The number of nitrogens with one attached hydrogen (secondary N) is 1. The van der Waals surface area contributed by atoms with Crippen molar-refractivity contribution in [2.45, 2.75) is 6.61 Å². The summed E-state index contributed by atoms with van der Waals surface area (Å²) in [5, 5.41) is 12.2. The normalized spacial score (nSPS) is 11.0. The molecule has 3 aromatic rings. The number of aromatic amines is 1. The van der Waals surface area contributed by atoms with Crippen molar-refractivity contribution in [3.63, 3.8) is 0 Å². The van der Waals surface area contributed by atoms with Crippen LogP contribution in [0.2, 0.25) is 0 Å². The first kappa shape index (κ1) is 16.2. The van der Waals surface area contributed by atoms with Crippen LogP contribution in [0.4, 0.5) is 5.69 Å². The van der Waals surface area contributed by atoms with Gasteiger partial charge in [0.1, 0.15) is 5.52 Å². The Hall–Kier alpha value is -2.70. The molecule has 6 heteroatoms. The largest absolute Gasteiger partial charge is 0.382 e. The Kier molecular flexibility index (Phi) is 4.88. The zero-order valence-electron chi connectivity index (χ0n) is 13.3. The second-order valence-electron chi connectivity index (χ2n) is 5.43. The zero-order chi connectivity index (χ0) is 16.9. The molecule has 0 saturated heterocycles. The van der Waals surface area contributed by atoms with Crippen LogP contribution in [0.1, 0.15) is 5.56 Å². The molecule has 0 atom stereocenters. The van der Waals surface area contributed by atoms with Crippen LogP contribution < -0.4 is 0 Å². The van der Waals surface area contributed by atoms with E-state index in [2.05, 4.69) is 4.98 Å². The first-order chi connectivity index (χ1) is 11.7. The number of aromatic nitrogens is 1. The zero-order valence-corrected chi connectivity index (χ0v) is 13.3. The summed E-state index contributed by atoms with van der Waals surface area (Å²) in [5.74, 6) is 0. The molecule has 0 amide bonds. The maximum absolute atomic E-state index is 11.4. The lowest BCUT2D eigenvalue weighted by Crippen LogP contribution is -2.02. The molecule has 0 radical (unpaired) electrons. The van der Waals surface area contributed by atoms with Crippen molar-refractivity contribution in [3.8, 4) is 11.3 Å². The maximum atomic E-state index is 11.4. The topological polar surface area (TPSA) is 77.4 Å². The second-order valence-corrected chi connectivity index (χ2v) is 5.43. The number of rotatable bonds is 7. The Bertz CT molecular complexity index is 843. The molecule has 0 spiro atoms. The molecule has 2 aromatic carbocycles. The first-order valence-electron chi connectivity index (χ1n) is 7.61. The molecule has 0 unspecified atom stereocenters. The first-order valence-corrected chi connectivity index (χ1v) is 7.61. The standard InChI is InChI=1S/C18H18N2O4/c1-23-7-8-24-12-13-9-15-11-16(14-5-3-2-4-6-14)19-18(15)17(10-13)20(21)22/h2-6,9-11,19H,7-8,12H2,1H3. The summed E-state index contributed by atoms with van der Waals surface area (Å²) in [5.41, 5.74) is 3.19. The third kappa shape index (κ3) is 3.45. The van der Waals surface area contributed by atoms with Crippen molar-refractivity contribution in [2.75, 3.05) is 20.3 Å². The van der Waals surface area contributed by atoms with Crippen LogP contribution in [-0.2, 0) is 16.1 Å². The monoisotopic (exact) mass is 326 g/mol. The van der Waals surface area contributed by atoms with Crippen molar-refractivity contribution in [3.05, 3.63) is 64.2 Å². The molecule has 1 aromatic heterocycles. The highest BCUT2D eigenvalue weighted by molar-refractivity contribution is 5.92. The number of hydrogen-bond donors (Lipinski definition) is 1. The fraction of sp³-hybridized carbons (Fsp3) is 0.222. The molecule has 0 bridgehead atoms. The fourth-order valence-corrected chi connectivity index (χ4v) is 2.62. The van der Waals surface area contributed by atoms with Gasteiger partial charge in [0.05, 0.1) is 24.7 Å². The summed E-state index contributed by atoms with van der Waals surface area (Å²) in [6.07, 6.45) is 0. The molecule has 3 rings (SSSR count). The quantitative estimate of drug-likeness (QED) is 0.406. The molecule has 1 heterocycles. The summed E-state index contributed by atoms with van der Waals surface area (Å²) in [6.45, 7) is 1.25. The minimum absolute atomic E-state index is 0.0556. The van der Waals surface area contributed by atoms with Gasteiger partial charge in [-0.15, -0.1) is 0 Å². The van der Waals surface area contributed by atoms with E-state index in [0.717, 1.165) is 22.2 Å². The number of nitrogens with zero attached hydrogens (tertiary/aromatic N) is 1. The number of fused-ring (bicyclic) bond motifs is 1. The summed E-state index contributed by atoms with van der Waals surface area (Å²) >= 11 is 0. The van der Waals surface area contributed by atoms with E-state index in [1.807, 2.05) is 42.5 Å². The van der Waals surface area contributed by atoms with Crippen molar-refractivity contribution in [1.82, 2.24) is 4.98 Å². The summed E-state index contributed by atoms with van der Waals surface area (Å²) < 4.78 is 10.4. The number of ether oxygens (including phenoxy) is 2. The maximum Gasteiger partial charge on any atom is 0.293 e. The Morgan fingerprint density at radius 2 is 1.92 bits per heavy atom. The van der Waals surface area contributed by atoms with Gasteiger partial charge in [-0.25, -0.2) is 0 Å². The van der Waals surface area contributed by atoms with Gasteiger partial charge < -0.3 is 14.5 Å². The molecule has 0 aliphatic rings. The summed E-state index contributed by atoms with van der Waals surface area (Å²) in [4.78, 5) is 14.2. The van der Waals surface area contributed by atoms with E-state index in [4.69, 9.17) is 9.47 Å². The van der Waals surface area contributed by atoms with Gasteiger partial charge in [-0.2, -0.15) is 0 Å². The van der Waals surface area contributed by atoms with Crippen LogP contribution in [0.5, 0.6) is 0 Å². The van der Waals surface area contributed by atoms with Gasteiger partial charge in [0, 0.05) is 24.3 Å². The Morgan fingerprint density at radius 3 is 2.62 bits per heavy atom. The summed E-state index contributed by atoms with van der Waals surface area (Å²) in [6, 6.07) is 15.1. The molecular weight excluding hydrogens is 308 g/mol. The average Bonchev–Trinajstić information content (AvgIpc) is 3.02. The van der Waals surface area contributed by atoms with Crippen LogP contribution in [-0.4, -0.2) is 30.2 Å². The molecule has 6 nitrogen and oxygen atoms in total. The molecule has 0 aliphatic carbocycles. The van der Waals surface area contributed by atoms with Crippen LogP contribution in [0.15, 0.2) is 48.5 Å². The van der Waals surface area contributed by atoms with Gasteiger partial charge in [-0.3, -0.25) is 10.1 Å². The van der Waals surface area contributed by atoms with Crippen molar-refractivity contribution in [2.24, 2.45) is 0 Å². The number of methoxy groups -OCH3 is 1. The van der Waals surface area contributed by atoms with Crippen LogP contribution in [0, 0.1) is 10.1 Å². The minimum Gasteiger partial charge on any atom is -0.382 e. The number of benzene rings is 2. The summed E-state index contributed by atoms with van der Waals surface area (Å²) in [7, 11) is 1.60. The number of nitro groups is 1. The predicted molar refractivity (Wildman–Crippen MR) is 91.9 cm³/mol. The molecule has 0 saturated carbocycles. The van der Waals surface area contributed by atoms with Crippen molar-refractivity contribution < 1.29 is 14.4 Å². The molecule has 124 valence electrons. The third-order valence-electron chi connectivity index (χ3n) is 3.75. The van der Waals surface area contributed by atoms with Crippen molar-refractivity contribution >= 4 is 16.6 Å². The van der Waals surface area contributed by atoms with E-state index < -0.39 is 0 Å². The lowest BCUT2D eigenvalue weighted by Gasteiger charge is -2.04. The number of non-ortho nitro benzene ring substituents is 1. The van der Waals surface area contributed by atoms with Crippen LogP contribution in [0.3, 0.4) is 0 Å². The highest BCUT2D eigenvalue weighted by atomic mass is 16.6. The highest BCUT2D eigenvalue weighted by Crippen LogP contribution is 2.31. The SMILES string of the molecule is COCCOCc1cc([N+](=O)[O-])c2[nH]c(-c3ccccc3)cc2c1. The number of nitro benzene ring substituents is 1. The van der Waals surface area contributed by atoms with Gasteiger partial charge in [0.15, 0.2) is 0 Å². The van der Waals surface area contributed by atoms with E-state index in [1.165, 1.54) is 0 Å².